The molecule has 0 aromatic carbocycles. The SMILES string of the molecule is CCCCCCCC/C=C/CC/C=C/CC/C=C/CCCC(O)C(O)C(COC1OC(CO)C(O)C(O)C1O)NC(=O)C(O)CCCCCCCCCCCCCCC/C=C\CCCCCCCCCCCCCC. The molecule has 9 unspecified atom stereocenters. The molecule has 75 heavy (non-hydrogen) atoms. The van der Waals surface area contributed by atoms with Gasteiger partial charge in [-0.15, -0.1) is 0 Å². The molecular weight excluding hydrogens is 943 g/mol. The molecule has 440 valence electrons. The highest BCUT2D eigenvalue weighted by Crippen LogP contribution is 2.23. The van der Waals surface area contributed by atoms with Gasteiger partial charge in [-0.1, -0.05) is 242 Å². The third-order valence-electron chi connectivity index (χ3n) is 15.1. The average molecular weight is 1060 g/mol. The average Bonchev–Trinajstić information content (AvgIpc) is 3.41. The van der Waals surface area contributed by atoms with Gasteiger partial charge in [0.1, 0.15) is 36.6 Å². The van der Waals surface area contributed by atoms with Crippen LogP contribution in [0.25, 0.3) is 0 Å². The number of rotatable bonds is 54. The second kappa shape index (κ2) is 52.8. The van der Waals surface area contributed by atoms with Crippen LogP contribution in [0, 0.1) is 0 Å². The molecule has 1 rings (SSSR count). The first-order valence-corrected chi connectivity index (χ1v) is 31.5. The number of carbonyl (C=O) groups excluding carboxylic acids is 1. The van der Waals surface area contributed by atoms with Crippen molar-refractivity contribution < 1.29 is 50.0 Å². The second-order valence-corrected chi connectivity index (χ2v) is 22.1. The number of hydrogen-bond acceptors (Lipinski definition) is 10. The van der Waals surface area contributed by atoms with Crippen molar-refractivity contribution in [3.63, 3.8) is 0 Å². The fraction of sp³-hybridized carbons (Fsp3) is 0.859. The molecular formula is C64H119NO10. The Labute approximate surface area is 459 Å². The van der Waals surface area contributed by atoms with Crippen molar-refractivity contribution in [3.8, 4) is 0 Å². The van der Waals surface area contributed by atoms with Crippen LogP contribution in [0.15, 0.2) is 48.6 Å². The molecule has 0 aromatic rings. The van der Waals surface area contributed by atoms with Crippen LogP contribution in [0.5, 0.6) is 0 Å². The lowest BCUT2D eigenvalue weighted by molar-refractivity contribution is -0.303. The number of ether oxygens (including phenoxy) is 2. The maximum atomic E-state index is 13.2. The predicted octanol–water partition coefficient (Wildman–Crippen LogP) is 14.0. The molecule has 11 heteroatoms. The normalized spacial score (nSPS) is 20.0. The van der Waals surface area contributed by atoms with Crippen LogP contribution in [-0.2, 0) is 14.3 Å². The molecule has 0 saturated carbocycles. The first kappa shape index (κ1) is 71.1. The minimum atomic E-state index is -1.67. The standard InChI is InChI=1S/C64H119NO10/c1-3-5-7-9-11-13-15-17-19-21-23-24-25-26-27-28-29-30-31-32-34-36-38-40-42-44-46-48-50-52-57(68)63(73)65-55(54-74-64-62(72)61(71)60(70)58(53-66)75-64)59(69)56(67)51-49-47-45-43-41-39-37-35-33-22-20-18-16-14-12-10-8-6-4-2/h18,20,26-27,35,37,43,45,55-62,64,66-72H,3-17,19,21-25,28-34,36,38-42,44,46-54H2,1-2H3,(H,65,73)/b20-18+,27-26-,37-35+,45-43+. The van der Waals surface area contributed by atoms with E-state index >= 15 is 0 Å². The monoisotopic (exact) mass is 1060 g/mol. The van der Waals surface area contributed by atoms with Gasteiger partial charge in [0.05, 0.1) is 25.4 Å². The molecule has 1 heterocycles. The minimum Gasteiger partial charge on any atom is -0.394 e. The zero-order valence-electron chi connectivity index (χ0n) is 48.3. The van der Waals surface area contributed by atoms with Crippen LogP contribution in [0.4, 0.5) is 0 Å². The highest BCUT2D eigenvalue weighted by molar-refractivity contribution is 5.80. The Morgan fingerprint density at radius 2 is 0.800 bits per heavy atom. The summed E-state index contributed by atoms with van der Waals surface area (Å²) in [4.78, 5) is 13.2. The van der Waals surface area contributed by atoms with Gasteiger partial charge >= 0.3 is 0 Å². The van der Waals surface area contributed by atoms with Crippen molar-refractivity contribution in [1.82, 2.24) is 5.32 Å². The Morgan fingerprint density at radius 1 is 0.453 bits per heavy atom. The molecule has 1 aliphatic heterocycles. The molecule has 9 atom stereocenters. The number of amides is 1. The third-order valence-corrected chi connectivity index (χ3v) is 15.1. The van der Waals surface area contributed by atoms with Gasteiger partial charge in [-0.25, -0.2) is 0 Å². The lowest BCUT2D eigenvalue weighted by Gasteiger charge is -2.40. The van der Waals surface area contributed by atoms with E-state index in [0.717, 1.165) is 44.9 Å². The van der Waals surface area contributed by atoms with Gasteiger partial charge in [-0.2, -0.15) is 0 Å². The van der Waals surface area contributed by atoms with Gasteiger partial charge in [-0.3, -0.25) is 4.79 Å². The molecule has 0 aliphatic carbocycles. The smallest absolute Gasteiger partial charge is 0.249 e. The van der Waals surface area contributed by atoms with E-state index in [1.807, 2.05) is 0 Å². The van der Waals surface area contributed by atoms with E-state index in [1.165, 1.54) is 193 Å². The van der Waals surface area contributed by atoms with Gasteiger partial charge in [0.25, 0.3) is 0 Å². The van der Waals surface area contributed by atoms with Crippen LogP contribution in [-0.4, -0.2) is 110 Å². The maximum Gasteiger partial charge on any atom is 0.249 e. The van der Waals surface area contributed by atoms with E-state index < -0.39 is 74.2 Å². The van der Waals surface area contributed by atoms with E-state index in [1.54, 1.807) is 0 Å². The topological polar surface area (TPSA) is 189 Å². The van der Waals surface area contributed by atoms with Gasteiger partial charge in [0.15, 0.2) is 6.29 Å². The molecule has 1 aliphatic rings. The summed E-state index contributed by atoms with van der Waals surface area (Å²) >= 11 is 0. The van der Waals surface area contributed by atoms with Crippen molar-refractivity contribution in [2.75, 3.05) is 13.2 Å². The van der Waals surface area contributed by atoms with Crippen LogP contribution in [0.3, 0.4) is 0 Å². The zero-order chi connectivity index (χ0) is 54.7. The molecule has 1 amide bonds. The number of nitrogens with one attached hydrogen (secondary N) is 1. The first-order valence-electron chi connectivity index (χ1n) is 31.5. The van der Waals surface area contributed by atoms with Crippen molar-refractivity contribution in [1.29, 1.82) is 0 Å². The number of allylic oxidation sites excluding steroid dienone is 8. The second-order valence-electron chi connectivity index (χ2n) is 22.1. The van der Waals surface area contributed by atoms with Crippen LogP contribution >= 0.6 is 0 Å². The molecule has 8 N–H and O–H groups in total. The summed E-state index contributed by atoms with van der Waals surface area (Å²) in [6.07, 6.45) is 56.1. The molecule has 0 radical (unpaired) electrons. The summed E-state index contributed by atoms with van der Waals surface area (Å²) in [6.45, 7) is 3.45. The fourth-order valence-electron chi connectivity index (χ4n) is 9.94. The molecule has 1 saturated heterocycles. The Hall–Kier alpha value is -1.93. The number of carbonyl (C=O) groups is 1. The quantitative estimate of drug-likeness (QED) is 0.0215. The summed E-state index contributed by atoms with van der Waals surface area (Å²) in [5, 5.41) is 76.2. The highest BCUT2D eigenvalue weighted by atomic mass is 16.7. The van der Waals surface area contributed by atoms with E-state index in [9.17, 15) is 40.5 Å². The lowest BCUT2D eigenvalue weighted by atomic mass is 9.98. The summed E-state index contributed by atoms with van der Waals surface area (Å²) in [5.41, 5.74) is 0. The molecule has 0 aromatic heterocycles. The molecule has 11 nitrogen and oxygen atoms in total. The minimum absolute atomic E-state index is 0.241. The van der Waals surface area contributed by atoms with E-state index in [4.69, 9.17) is 9.47 Å². The highest BCUT2D eigenvalue weighted by Gasteiger charge is 2.44. The number of unbranched alkanes of at least 4 members (excludes halogenated alkanes) is 34. The van der Waals surface area contributed by atoms with E-state index in [-0.39, 0.29) is 12.8 Å². The van der Waals surface area contributed by atoms with Crippen molar-refractivity contribution >= 4 is 5.91 Å². The van der Waals surface area contributed by atoms with Crippen LogP contribution in [0.2, 0.25) is 0 Å². The van der Waals surface area contributed by atoms with Crippen molar-refractivity contribution in [2.45, 2.75) is 339 Å². The third kappa shape index (κ3) is 40.9. The fourth-order valence-corrected chi connectivity index (χ4v) is 9.94. The molecule has 0 spiro atoms. The Morgan fingerprint density at radius 3 is 1.19 bits per heavy atom. The Bertz CT molecular complexity index is 1360. The first-order chi connectivity index (χ1) is 36.7. The van der Waals surface area contributed by atoms with Gasteiger partial charge < -0.3 is 50.5 Å². The Balaban J connectivity index is 2.27. The predicted molar refractivity (Wildman–Crippen MR) is 311 cm³/mol. The largest absolute Gasteiger partial charge is 0.394 e. The summed E-state index contributed by atoms with van der Waals surface area (Å²) in [6, 6.07) is -1.20. The van der Waals surface area contributed by atoms with E-state index in [0.29, 0.717) is 19.3 Å². The summed E-state index contributed by atoms with van der Waals surface area (Å²) in [7, 11) is 0. The zero-order valence-corrected chi connectivity index (χ0v) is 48.3. The molecule has 0 bridgehead atoms. The number of aliphatic hydroxyl groups excluding tert-OH is 7. The van der Waals surface area contributed by atoms with Crippen LogP contribution in [0.1, 0.15) is 284 Å². The van der Waals surface area contributed by atoms with Crippen LogP contribution < -0.4 is 5.32 Å². The number of aliphatic hydroxyl groups is 7. The summed E-state index contributed by atoms with van der Waals surface area (Å²) < 4.78 is 11.1. The molecule has 1 fully saturated rings. The maximum absolute atomic E-state index is 13.2. The van der Waals surface area contributed by atoms with Gasteiger partial charge in [0, 0.05) is 0 Å². The lowest BCUT2D eigenvalue weighted by Crippen LogP contribution is -2.60. The van der Waals surface area contributed by atoms with Gasteiger partial charge in [-0.05, 0) is 89.9 Å². The van der Waals surface area contributed by atoms with E-state index in [2.05, 4.69) is 67.8 Å². The van der Waals surface area contributed by atoms with Crippen molar-refractivity contribution in [2.24, 2.45) is 0 Å². The van der Waals surface area contributed by atoms with Gasteiger partial charge in [0.2, 0.25) is 5.91 Å². The summed E-state index contributed by atoms with van der Waals surface area (Å²) in [5.74, 6) is -0.711. The Kier molecular flexibility index (Phi) is 50.0. The number of hydrogen-bond donors (Lipinski definition) is 8. The van der Waals surface area contributed by atoms with Crippen molar-refractivity contribution in [3.05, 3.63) is 48.6 Å².